The van der Waals surface area contributed by atoms with Crippen LogP contribution in [0.4, 0.5) is 0 Å². The lowest BCUT2D eigenvalue weighted by Gasteiger charge is -2.32. The van der Waals surface area contributed by atoms with Crippen molar-refractivity contribution in [3.8, 4) is 5.75 Å². The molecule has 2 fully saturated rings. The standard InChI is InChI=1S/C23H34O2/c1-13(2)16-10-15(11-17(14(3)4)20(16)24)12-18-19-8-9-23(7,21(18)25)22(19,5)6/h10-11,13-14,18-19,24H,8-9,12H2,1-7H3. The molecule has 0 spiro atoms. The summed E-state index contributed by atoms with van der Waals surface area (Å²) in [6.45, 7) is 15.2. The van der Waals surface area contributed by atoms with Crippen LogP contribution in [0.2, 0.25) is 0 Å². The first-order valence-corrected chi connectivity index (χ1v) is 9.90. The summed E-state index contributed by atoms with van der Waals surface area (Å²) >= 11 is 0. The zero-order valence-electron chi connectivity index (χ0n) is 16.9. The molecule has 0 radical (unpaired) electrons. The molecular weight excluding hydrogens is 308 g/mol. The van der Waals surface area contributed by atoms with Crippen LogP contribution in [0.15, 0.2) is 12.1 Å². The summed E-state index contributed by atoms with van der Waals surface area (Å²) in [5, 5.41) is 10.6. The quantitative estimate of drug-likeness (QED) is 0.748. The number of hydrogen-bond acceptors (Lipinski definition) is 2. The highest BCUT2D eigenvalue weighted by molar-refractivity contribution is 5.91. The largest absolute Gasteiger partial charge is 0.507 e. The van der Waals surface area contributed by atoms with Crippen LogP contribution in [0.5, 0.6) is 5.75 Å². The molecule has 0 amide bonds. The molecule has 3 rings (SSSR count). The Hall–Kier alpha value is -1.31. The Morgan fingerprint density at radius 1 is 1.08 bits per heavy atom. The van der Waals surface area contributed by atoms with E-state index >= 15 is 0 Å². The van der Waals surface area contributed by atoms with Crippen molar-refractivity contribution in [3.05, 3.63) is 28.8 Å². The summed E-state index contributed by atoms with van der Waals surface area (Å²) in [7, 11) is 0. The molecule has 3 atom stereocenters. The minimum absolute atomic E-state index is 0.105. The van der Waals surface area contributed by atoms with Crippen molar-refractivity contribution in [1.82, 2.24) is 0 Å². The summed E-state index contributed by atoms with van der Waals surface area (Å²) in [6, 6.07) is 4.28. The van der Waals surface area contributed by atoms with E-state index in [2.05, 4.69) is 60.6 Å². The third kappa shape index (κ3) is 2.55. The van der Waals surface area contributed by atoms with Crippen LogP contribution in [-0.2, 0) is 11.2 Å². The minimum Gasteiger partial charge on any atom is -0.507 e. The topological polar surface area (TPSA) is 37.3 Å². The molecule has 2 aliphatic carbocycles. The highest BCUT2D eigenvalue weighted by atomic mass is 16.3. The van der Waals surface area contributed by atoms with Crippen LogP contribution >= 0.6 is 0 Å². The molecular formula is C23H34O2. The van der Waals surface area contributed by atoms with Crippen molar-refractivity contribution in [2.75, 3.05) is 0 Å². The van der Waals surface area contributed by atoms with Gasteiger partial charge in [0, 0.05) is 11.3 Å². The van der Waals surface area contributed by atoms with Crippen LogP contribution in [0.3, 0.4) is 0 Å². The first-order valence-electron chi connectivity index (χ1n) is 9.90. The minimum atomic E-state index is -0.152. The van der Waals surface area contributed by atoms with E-state index in [1.54, 1.807) is 0 Å². The number of aromatic hydroxyl groups is 1. The van der Waals surface area contributed by atoms with Gasteiger partial charge in [-0.05, 0) is 59.1 Å². The van der Waals surface area contributed by atoms with Crippen LogP contribution in [0, 0.1) is 22.7 Å². The van der Waals surface area contributed by atoms with E-state index in [1.807, 2.05) is 0 Å². The zero-order chi connectivity index (χ0) is 18.7. The SMILES string of the molecule is CC(C)c1cc(CC2C(=O)C3(C)CCC2C3(C)C)cc(C(C)C)c1O. The predicted octanol–water partition coefficient (Wildman–Crippen LogP) is 5.82. The van der Waals surface area contributed by atoms with Gasteiger partial charge in [-0.15, -0.1) is 0 Å². The molecule has 0 saturated heterocycles. The van der Waals surface area contributed by atoms with Gasteiger partial charge in [0.1, 0.15) is 11.5 Å². The van der Waals surface area contributed by atoms with E-state index in [4.69, 9.17) is 0 Å². The lowest BCUT2D eigenvalue weighted by molar-refractivity contribution is -0.131. The van der Waals surface area contributed by atoms with E-state index in [0.29, 0.717) is 17.5 Å². The third-order valence-electron chi connectivity index (χ3n) is 7.60. The highest BCUT2D eigenvalue weighted by Gasteiger charge is 2.65. The number of fused-ring (bicyclic) bond motifs is 2. The molecule has 1 N–H and O–H groups in total. The second-order valence-electron chi connectivity index (χ2n) is 9.81. The molecule has 25 heavy (non-hydrogen) atoms. The van der Waals surface area contributed by atoms with Gasteiger partial charge in [-0.2, -0.15) is 0 Å². The van der Waals surface area contributed by atoms with Gasteiger partial charge in [0.25, 0.3) is 0 Å². The van der Waals surface area contributed by atoms with Gasteiger partial charge in [0.2, 0.25) is 0 Å². The molecule has 1 aromatic carbocycles. The second-order valence-corrected chi connectivity index (χ2v) is 9.81. The fourth-order valence-electron chi connectivity index (χ4n) is 5.50. The van der Waals surface area contributed by atoms with Gasteiger partial charge >= 0.3 is 0 Å². The lowest BCUT2D eigenvalue weighted by atomic mass is 9.70. The Labute approximate surface area is 153 Å². The van der Waals surface area contributed by atoms with E-state index in [0.717, 1.165) is 24.0 Å². The molecule has 1 aromatic rings. The molecule has 0 heterocycles. The number of carbonyl (C=O) groups is 1. The molecule has 0 aliphatic heterocycles. The lowest BCUT2D eigenvalue weighted by Crippen LogP contribution is -2.33. The highest BCUT2D eigenvalue weighted by Crippen LogP contribution is 2.66. The van der Waals surface area contributed by atoms with Gasteiger partial charge in [-0.1, -0.05) is 60.6 Å². The predicted molar refractivity (Wildman–Crippen MR) is 103 cm³/mol. The van der Waals surface area contributed by atoms with Crippen molar-refractivity contribution in [2.24, 2.45) is 22.7 Å². The van der Waals surface area contributed by atoms with Crippen LogP contribution < -0.4 is 0 Å². The summed E-state index contributed by atoms with van der Waals surface area (Å²) in [5.74, 6) is 2.10. The van der Waals surface area contributed by atoms with E-state index in [9.17, 15) is 9.90 Å². The number of phenolic OH excluding ortho intramolecular Hbond substituents is 1. The Morgan fingerprint density at radius 2 is 1.60 bits per heavy atom. The Balaban J connectivity index is 1.98. The van der Waals surface area contributed by atoms with Gasteiger partial charge in [-0.3, -0.25) is 4.79 Å². The average Bonchev–Trinajstić information content (AvgIpc) is 2.82. The van der Waals surface area contributed by atoms with Crippen molar-refractivity contribution < 1.29 is 9.90 Å². The van der Waals surface area contributed by atoms with Crippen LogP contribution in [0.1, 0.15) is 89.8 Å². The number of hydrogen-bond donors (Lipinski definition) is 1. The molecule has 0 aromatic heterocycles. The number of Topliss-reactive ketones (excluding diaryl/α,β-unsaturated/α-hetero) is 1. The van der Waals surface area contributed by atoms with Crippen molar-refractivity contribution in [3.63, 3.8) is 0 Å². The monoisotopic (exact) mass is 342 g/mol. The Morgan fingerprint density at radius 3 is 2.00 bits per heavy atom. The fourth-order valence-corrected chi connectivity index (χ4v) is 5.50. The van der Waals surface area contributed by atoms with E-state index in [1.165, 1.54) is 12.0 Å². The molecule has 2 aliphatic rings. The van der Waals surface area contributed by atoms with Gasteiger partial charge in [-0.25, -0.2) is 0 Å². The van der Waals surface area contributed by atoms with Gasteiger partial charge < -0.3 is 5.11 Å². The van der Waals surface area contributed by atoms with E-state index < -0.39 is 0 Å². The average molecular weight is 343 g/mol. The molecule has 2 heteroatoms. The van der Waals surface area contributed by atoms with Crippen LogP contribution in [0.25, 0.3) is 0 Å². The second kappa shape index (κ2) is 5.86. The zero-order valence-corrected chi connectivity index (χ0v) is 16.9. The van der Waals surface area contributed by atoms with Crippen molar-refractivity contribution in [2.45, 2.75) is 79.6 Å². The molecule has 138 valence electrons. The first kappa shape index (κ1) is 18.5. The van der Waals surface area contributed by atoms with Crippen LogP contribution in [-0.4, -0.2) is 10.9 Å². The maximum Gasteiger partial charge on any atom is 0.142 e. The normalized spacial score (nSPS) is 30.7. The third-order valence-corrected chi connectivity index (χ3v) is 7.60. The number of ketones is 1. The van der Waals surface area contributed by atoms with E-state index in [-0.39, 0.29) is 28.6 Å². The maximum atomic E-state index is 13.2. The Bertz CT molecular complexity index is 669. The molecule has 3 unspecified atom stereocenters. The number of rotatable bonds is 4. The summed E-state index contributed by atoms with van der Waals surface area (Å²) < 4.78 is 0. The molecule has 2 saturated carbocycles. The number of benzene rings is 1. The van der Waals surface area contributed by atoms with Crippen molar-refractivity contribution in [1.29, 1.82) is 0 Å². The van der Waals surface area contributed by atoms with Gasteiger partial charge in [0.05, 0.1) is 0 Å². The fraction of sp³-hybridized carbons (Fsp3) is 0.696. The Kier molecular flexibility index (Phi) is 4.33. The smallest absolute Gasteiger partial charge is 0.142 e. The van der Waals surface area contributed by atoms with Gasteiger partial charge in [0.15, 0.2) is 0 Å². The maximum absolute atomic E-state index is 13.2. The molecule has 2 bridgehead atoms. The van der Waals surface area contributed by atoms with Crippen molar-refractivity contribution >= 4 is 5.78 Å². The first-order chi connectivity index (χ1) is 11.5. The summed E-state index contributed by atoms with van der Waals surface area (Å²) in [4.78, 5) is 13.2. The summed E-state index contributed by atoms with van der Waals surface area (Å²) in [5.41, 5.74) is 3.20. The number of phenols is 1. The number of carbonyl (C=O) groups excluding carboxylic acids is 1. The summed E-state index contributed by atoms with van der Waals surface area (Å²) in [6.07, 6.45) is 3.04. The molecule has 2 nitrogen and oxygen atoms in total.